The van der Waals surface area contributed by atoms with Crippen LogP contribution < -0.4 is 20.4 Å². The van der Waals surface area contributed by atoms with Crippen molar-refractivity contribution in [3.05, 3.63) is 57.6 Å². The number of halogens is 1. The molecular formula is C21H23ClN6O4. The highest BCUT2D eigenvalue weighted by Crippen LogP contribution is 2.30. The average Bonchev–Trinajstić information content (AvgIpc) is 2.79. The number of hydrogen-bond donors (Lipinski definition) is 2. The van der Waals surface area contributed by atoms with Gasteiger partial charge in [0.25, 0.3) is 5.69 Å². The molecule has 0 aromatic heterocycles. The fourth-order valence-electron chi connectivity index (χ4n) is 3.92. The Morgan fingerprint density at radius 3 is 2.47 bits per heavy atom. The van der Waals surface area contributed by atoms with Crippen LogP contribution in [-0.4, -0.2) is 67.6 Å². The van der Waals surface area contributed by atoms with E-state index < -0.39 is 4.92 Å². The molecule has 2 aliphatic heterocycles. The Bertz CT molecular complexity index is 1040. The van der Waals surface area contributed by atoms with Crippen LogP contribution in [0.15, 0.2) is 42.5 Å². The number of para-hydroxylation sites is 2. The molecule has 0 atom stereocenters. The van der Waals surface area contributed by atoms with E-state index in [4.69, 9.17) is 11.6 Å². The average molecular weight is 459 g/mol. The molecule has 2 fully saturated rings. The molecule has 2 heterocycles. The number of benzene rings is 2. The minimum absolute atomic E-state index is 0.0512. The van der Waals surface area contributed by atoms with Gasteiger partial charge in [-0.1, -0.05) is 23.7 Å². The van der Waals surface area contributed by atoms with Gasteiger partial charge in [-0.2, -0.15) is 0 Å². The van der Waals surface area contributed by atoms with Gasteiger partial charge in [-0.3, -0.25) is 14.9 Å². The van der Waals surface area contributed by atoms with Gasteiger partial charge < -0.3 is 25.3 Å². The molecule has 10 nitrogen and oxygen atoms in total. The molecule has 0 unspecified atom stereocenters. The predicted molar refractivity (Wildman–Crippen MR) is 123 cm³/mol. The number of piperazine rings is 2. The number of hydrogen-bond acceptors (Lipinski definition) is 6. The van der Waals surface area contributed by atoms with Crippen LogP contribution in [0, 0.1) is 10.1 Å². The van der Waals surface area contributed by atoms with Gasteiger partial charge in [-0.15, -0.1) is 0 Å². The molecular weight excluding hydrogens is 436 g/mol. The first kappa shape index (κ1) is 21.7. The van der Waals surface area contributed by atoms with E-state index >= 15 is 0 Å². The molecule has 0 bridgehead atoms. The molecule has 32 heavy (non-hydrogen) atoms. The number of nitrogens with zero attached hydrogens (tertiary/aromatic N) is 4. The van der Waals surface area contributed by atoms with Crippen molar-refractivity contribution in [3.63, 3.8) is 0 Å². The van der Waals surface area contributed by atoms with Gasteiger partial charge in [0.05, 0.1) is 22.2 Å². The Balaban J connectivity index is 1.36. The normalized spacial score (nSPS) is 16.5. The summed E-state index contributed by atoms with van der Waals surface area (Å²) in [4.78, 5) is 40.7. The smallest absolute Gasteiger partial charge is 0.321 e. The standard InChI is InChI=1S/C21H23ClN6O4/c22-16-13-15(5-6-17(16)27-8-7-23-20(29)14-27)24-21(30)26-11-9-25(10-12-26)18-3-1-2-4-19(18)28(31)32/h1-6,13H,7-12,14H2,(H,23,29)(H,24,30). The second-order valence-corrected chi connectivity index (χ2v) is 7.99. The lowest BCUT2D eigenvalue weighted by atomic mass is 10.2. The van der Waals surface area contributed by atoms with Crippen LogP contribution >= 0.6 is 11.6 Å². The molecule has 0 radical (unpaired) electrons. The van der Waals surface area contributed by atoms with Crippen LogP contribution in [0.3, 0.4) is 0 Å². The van der Waals surface area contributed by atoms with Crippen molar-refractivity contribution in [1.29, 1.82) is 0 Å². The zero-order chi connectivity index (χ0) is 22.7. The Hall–Kier alpha value is -3.53. The van der Waals surface area contributed by atoms with E-state index in [0.29, 0.717) is 55.7 Å². The number of carbonyl (C=O) groups is 2. The minimum Gasteiger partial charge on any atom is -0.362 e. The van der Waals surface area contributed by atoms with Crippen LogP contribution in [-0.2, 0) is 4.79 Å². The zero-order valence-electron chi connectivity index (χ0n) is 17.3. The van der Waals surface area contributed by atoms with Gasteiger partial charge in [0, 0.05) is 51.0 Å². The summed E-state index contributed by atoms with van der Waals surface area (Å²) in [6, 6.07) is 11.6. The van der Waals surface area contributed by atoms with E-state index in [9.17, 15) is 19.7 Å². The lowest BCUT2D eigenvalue weighted by Crippen LogP contribution is -2.50. The molecule has 2 N–H and O–H groups in total. The third-order valence-electron chi connectivity index (χ3n) is 5.56. The largest absolute Gasteiger partial charge is 0.362 e. The molecule has 0 saturated carbocycles. The van der Waals surface area contributed by atoms with Gasteiger partial charge >= 0.3 is 6.03 Å². The third-order valence-corrected chi connectivity index (χ3v) is 5.87. The summed E-state index contributed by atoms with van der Waals surface area (Å²) in [7, 11) is 0. The van der Waals surface area contributed by atoms with Crippen LogP contribution in [0.2, 0.25) is 5.02 Å². The first-order valence-corrected chi connectivity index (χ1v) is 10.7. The summed E-state index contributed by atoms with van der Waals surface area (Å²) >= 11 is 6.41. The van der Waals surface area contributed by atoms with Crippen molar-refractivity contribution in [2.24, 2.45) is 0 Å². The van der Waals surface area contributed by atoms with Crippen LogP contribution in [0.5, 0.6) is 0 Å². The molecule has 2 saturated heterocycles. The van der Waals surface area contributed by atoms with Gasteiger partial charge in [0.15, 0.2) is 0 Å². The molecule has 0 spiro atoms. The molecule has 2 aliphatic rings. The van der Waals surface area contributed by atoms with Crippen molar-refractivity contribution >= 4 is 46.3 Å². The number of nitro benzene ring substituents is 1. The lowest BCUT2D eigenvalue weighted by molar-refractivity contribution is -0.384. The zero-order valence-corrected chi connectivity index (χ0v) is 18.0. The molecule has 2 aromatic rings. The molecule has 4 rings (SSSR count). The summed E-state index contributed by atoms with van der Waals surface area (Å²) < 4.78 is 0. The van der Waals surface area contributed by atoms with Crippen LogP contribution in [0.1, 0.15) is 0 Å². The fraction of sp³-hybridized carbons (Fsp3) is 0.333. The second kappa shape index (κ2) is 9.31. The summed E-state index contributed by atoms with van der Waals surface area (Å²) in [6.45, 7) is 3.34. The van der Waals surface area contributed by atoms with Crippen LogP contribution in [0.4, 0.5) is 27.5 Å². The Kier molecular flexibility index (Phi) is 6.31. The quantitative estimate of drug-likeness (QED) is 0.538. The van der Waals surface area contributed by atoms with E-state index in [1.54, 1.807) is 41.3 Å². The molecule has 0 aliphatic carbocycles. The molecule has 168 valence electrons. The van der Waals surface area contributed by atoms with E-state index in [1.165, 1.54) is 6.07 Å². The van der Waals surface area contributed by atoms with Crippen molar-refractivity contribution in [1.82, 2.24) is 10.2 Å². The predicted octanol–water partition coefficient (Wildman–Crippen LogP) is 2.54. The van der Waals surface area contributed by atoms with Crippen molar-refractivity contribution in [3.8, 4) is 0 Å². The van der Waals surface area contributed by atoms with E-state index in [1.807, 2.05) is 9.80 Å². The van der Waals surface area contributed by atoms with Gasteiger partial charge in [-0.05, 0) is 24.3 Å². The number of amides is 3. The minimum atomic E-state index is -0.391. The molecule has 11 heteroatoms. The number of nitrogens with one attached hydrogen (secondary N) is 2. The summed E-state index contributed by atoms with van der Waals surface area (Å²) in [5.74, 6) is -0.0512. The monoisotopic (exact) mass is 458 g/mol. The van der Waals surface area contributed by atoms with Crippen LogP contribution in [0.25, 0.3) is 0 Å². The fourth-order valence-corrected chi connectivity index (χ4v) is 4.22. The summed E-state index contributed by atoms with van der Waals surface area (Å²) in [5.41, 5.74) is 1.93. The second-order valence-electron chi connectivity index (χ2n) is 7.59. The maximum absolute atomic E-state index is 12.7. The Morgan fingerprint density at radius 2 is 1.78 bits per heavy atom. The van der Waals surface area contributed by atoms with E-state index in [-0.39, 0.29) is 24.2 Å². The van der Waals surface area contributed by atoms with Gasteiger partial charge in [0.1, 0.15) is 5.69 Å². The maximum Gasteiger partial charge on any atom is 0.321 e. The number of anilines is 3. The highest BCUT2D eigenvalue weighted by atomic mass is 35.5. The van der Waals surface area contributed by atoms with Gasteiger partial charge in [0.2, 0.25) is 5.91 Å². The van der Waals surface area contributed by atoms with Crippen molar-refractivity contribution < 1.29 is 14.5 Å². The van der Waals surface area contributed by atoms with Gasteiger partial charge in [-0.25, -0.2) is 4.79 Å². The summed E-state index contributed by atoms with van der Waals surface area (Å²) in [6.07, 6.45) is 0. The van der Waals surface area contributed by atoms with E-state index in [0.717, 1.165) is 5.69 Å². The number of carbonyl (C=O) groups excluding carboxylic acids is 2. The van der Waals surface area contributed by atoms with E-state index in [2.05, 4.69) is 10.6 Å². The lowest BCUT2D eigenvalue weighted by Gasteiger charge is -2.35. The molecule has 2 aromatic carbocycles. The summed E-state index contributed by atoms with van der Waals surface area (Å²) in [5, 5.41) is 17.4. The number of urea groups is 1. The topological polar surface area (TPSA) is 111 Å². The third kappa shape index (κ3) is 4.70. The molecule has 3 amide bonds. The first-order valence-electron chi connectivity index (χ1n) is 10.3. The highest BCUT2D eigenvalue weighted by molar-refractivity contribution is 6.33. The number of rotatable bonds is 4. The SMILES string of the molecule is O=C1CN(c2ccc(NC(=O)N3CCN(c4ccccc4[N+](=O)[O-])CC3)cc2Cl)CCN1. The maximum atomic E-state index is 12.7. The number of nitro groups is 1. The Labute approximate surface area is 189 Å². The van der Waals surface area contributed by atoms with Crippen molar-refractivity contribution in [2.75, 3.05) is 60.9 Å². The Morgan fingerprint density at radius 1 is 1.03 bits per heavy atom. The van der Waals surface area contributed by atoms with Crippen molar-refractivity contribution in [2.45, 2.75) is 0 Å². The first-order chi connectivity index (χ1) is 15.4. The highest BCUT2D eigenvalue weighted by Gasteiger charge is 2.26.